The van der Waals surface area contributed by atoms with Gasteiger partial charge in [0.15, 0.2) is 5.56 Å². The lowest BCUT2D eigenvalue weighted by Crippen LogP contribution is -2.11. The van der Waals surface area contributed by atoms with Crippen molar-refractivity contribution < 1.29 is 9.90 Å². The maximum atomic E-state index is 11.0. The van der Waals surface area contributed by atoms with Gasteiger partial charge in [-0.2, -0.15) is 0 Å². The van der Waals surface area contributed by atoms with Crippen LogP contribution in [0.5, 0.6) is 5.88 Å². The summed E-state index contributed by atoms with van der Waals surface area (Å²) in [6, 6.07) is 0. The Morgan fingerprint density at radius 2 is 2.43 bits per heavy atom. The first-order valence-corrected chi connectivity index (χ1v) is 3.65. The summed E-state index contributed by atoms with van der Waals surface area (Å²) in [6.45, 7) is 0. The standard InChI is InChI=1S/C8H7N3O3/c9-6(12)3-1-2-5-7(13)10-4-11-8(5)14/h4H,3H2,(H2,9,12)(H2,10,11,13,14). The molecule has 1 heterocycles. The number of carbonyl (C=O) groups is 1. The molecule has 6 nitrogen and oxygen atoms in total. The molecule has 1 amide bonds. The third kappa shape index (κ3) is 2.35. The molecule has 0 atom stereocenters. The Balaban J connectivity index is 3.00. The van der Waals surface area contributed by atoms with Gasteiger partial charge >= 0.3 is 0 Å². The van der Waals surface area contributed by atoms with Crippen LogP contribution in [-0.2, 0) is 4.79 Å². The summed E-state index contributed by atoms with van der Waals surface area (Å²) in [4.78, 5) is 27.0. The van der Waals surface area contributed by atoms with Crippen LogP contribution >= 0.6 is 0 Å². The Hall–Kier alpha value is -2.29. The molecule has 0 fully saturated rings. The Morgan fingerprint density at radius 3 is 3.00 bits per heavy atom. The summed E-state index contributed by atoms with van der Waals surface area (Å²) in [6.07, 6.45) is 0.880. The summed E-state index contributed by atoms with van der Waals surface area (Å²) >= 11 is 0. The van der Waals surface area contributed by atoms with Gasteiger partial charge in [-0.05, 0) is 0 Å². The molecule has 72 valence electrons. The van der Waals surface area contributed by atoms with Crippen LogP contribution in [0.1, 0.15) is 12.0 Å². The van der Waals surface area contributed by atoms with Crippen molar-refractivity contribution in [3.05, 3.63) is 22.2 Å². The molecule has 0 aliphatic carbocycles. The number of amides is 1. The predicted molar refractivity (Wildman–Crippen MR) is 47.2 cm³/mol. The fraction of sp³-hybridized carbons (Fsp3) is 0.125. The van der Waals surface area contributed by atoms with Crippen molar-refractivity contribution in [3.8, 4) is 17.7 Å². The van der Waals surface area contributed by atoms with Crippen molar-refractivity contribution >= 4 is 5.91 Å². The largest absolute Gasteiger partial charge is 0.492 e. The number of hydrogen-bond donors (Lipinski definition) is 3. The number of carbonyl (C=O) groups excluding carboxylic acids is 1. The fourth-order valence-corrected chi connectivity index (χ4v) is 0.723. The lowest BCUT2D eigenvalue weighted by Gasteiger charge is -1.91. The van der Waals surface area contributed by atoms with Crippen molar-refractivity contribution in [2.24, 2.45) is 5.73 Å². The Labute approximate surface area is 78.8 Å². The number of aromatic amines is 1. The van der Waals surface area contributed by atoms with E-state index in [0.717, 1.165) is 6.33 Å². The second-order valence-corrected chi connectivity index (χ2v) is 2.38. The Bertz CT molecular complexity index is 467. The fourth-order valence-electron chi connectivity index (χ4n) is 0.723. The van der Waals surface area contributed by atoms with Gasteiger partial charge in [-0.25, -0.2) is 4.98 Å². The molecule has 0 spiro atoms. The molecule has 1 aromatic rings. The van der Waals surface area contributed by atoms with E-state index in [1.807, 2.05) is 0 Å². The number of H-pyrrole nitrogens is 1. The molecule has 0 saturated heterocycles. The van der Waals surface area contributed by atoms with E-state index in [4.69, 9.17) is 10.8 Å². The molecular formula is C8H7N3O3. The molecule has 1 aromatic heterocycles. The summed E-state index contributed by atoms with van der Waals surface area (Å²) in [5.41, 5.74) is 4.09. The molecule has 0 unspecified atom stereocenters. The van der Waals surface area contributed by atoms with Crippen molar-refractivity contribution in [1.82, 2.24) is 9.97 Å². The number of aromatic hydroxyl groups is 1. The zero-order valence-corrected chi connectivity index (χ0v) is 7.07. The number of rotatable bonds is 1. The van der Waals surface area contributed by atoms with Gasteiger partial charge in [0, 0.05) is 0 Å². The number of nitrogens with two attached hydrogens (primary N) is 1. The highest BCUT2D eigenvalue weighted by Gasteiger charge is 2.02. The molecule has 0 saturated carbocycles. The number of nitrogens with zero attached hydrogens (tertiary/aromatic N) is 1. The first-order valence-electron chi connectivity index (χ1n) is 3.65. The van der Waals surface area contributed by atoms with Crippen LogP contribution in [0.4, 0.5) is 0 Å². The lowest BCUT2D eigenvalue weighted by atomic mass is 10.3. The zero-order valence-electron chi connectivity index (χ0n) is 7.07. The van der Waals surface area contributed by atoms with E-state index in [0.29, 0.717) is 0 Å². The maximum Gasteiger partial charge on any atom is 0.270 e. The van der Waals surface area contributed by atoms with Gasteiger partial charge in [0.05, 0.1) is 12.7 Å². The van der Waals surface area contributed by atoms with Crippen LogP contribution < -0.4 is 11.3 Å². The molecule has 14 heavy (non-hydrogen) atoms. The lowest BCUT2D eigenvalue weighted by molar-refractivity contribution is -0.117. The molecule has 0 aliphatic rings. The van der Waals surface area contributed by atoms with Gasteiger partial charge in [-0.3, -0.25) is 9.59 Å². The molecule has 0 aliphatic heterocycles. The summed E-state index contributed by atoms with van der Waals surface area (Å²) in [5.74, 6) is 3.58. The van der Waals surface area contributed by atoms with E-state index in [1.54, 1.807) is 0 Å². The Kier molecular flexibility index (Phi) is 2.86. The molecule has 0 bridgehead atoms. The minimum absolute atomic E-state index is 0.172. The highest BCUT2D eigenvalue weighted by molar-refractivity contribution is 5.76. The predicted octanol–water partition coefficient (Wildman–Crippen LogP) is -1.30. The molecule has 4 N–H and O–H groups in total. The average molecular weight is 193 g/mol. The smallest absolute Gasteiger partial charge is 0.270 e. The van der Waals surface area contributed by atoms with Crippen molar-refractivity contribution in [1.29, 1.82) is 0 Å². The molecule has 6 heteroatoms. The van der Waals surface area contributed by atoms with E-state index in [2.05, 4.69) is 21.8 Å². The summed E-state index contributed by atoms with van der Waals surface area (Å²) < 4.78 is 0. The zero-order chi connectivity index (χ0) is 10.6. The number of hydrogen-bond acceptors (Lipinski definition) is 4. The first-order chi connectivity index (χ1) is 6.61. The van der Waals surface area contributed by atoms with E-state index in [9.17, 15) is 9.59 Å². The topological polar surface area (TPSA) is 109 Å². The van der Waals surface area contributed by atoms with Gasteiger partial charge < -0.3 is 15.8 Å². The van der Waals surface area contributed by atoms with Crippen LogP contribution in [0.3, 0.4) is 0 Å². The number of aromatic nitrogens is 2. The Morgan fingerprint density at radius 1 is 1.71 bits per heavy atom. The normalized spacial score (nSPS) is 8.86. The third-order valence-corrected chi connectivity index (χ3v) is 1.31. The van der Waals surface area contributed by atoms with Gasteiger partial charge in [0.1, 0.15) is 0 Å². The summed E-state index contributed by atoms with van der Waals surface area (Å²) in [7, 11) is 0. The van der Waals surface area contributed by atoms with Gasteiger partial charge in [0.25, 0.3) is 5.56 Å². The minimum atomic E-state index is -0.600. The summed E-state index contributed by atoms with van der Waals surface area (Å²) in [5, 5.41) is 9.11. The van der Waals surface area contributed by atoms with E-state index < -0.39 is 17.3 Å². The average Bonchev–Trinajstić information content (AvgIpc) is 2.09. The van der Waals surface area contributed by atoms with Gasteiger partial charge in [-0.15, -0.1) is 0 Å². The minimum Gasteiger partial charge on any atom is -0.492 e. The van der Waals surface area contributed by atoms with Crippen molar-refractivity contribution in [2.75, 3.05) is 0 Å². The van der Waals surface area contributed by atoms with Gasteiger partial charge in [0.2, 0.25) is 11.8 Å². The molecular weight excluding hydrogens is 186 g/mol. The van der Waals surface area contributed by atoms with E-state index in [1.165, 1.54) is 0 Å². The van der Waals surface area contributed by atoms with Crippen molar-refractivity contribution in [2.45, 2.75) is 6.42 Å². The quantitative estimate of drug-likeness (QED) is 0.481. The van der Waals surface area contributed by atoms with Crippen LogP contribution in [0.2, 0.25) is 0 Å². The van der Waals surface area contributed by atoms with Crippen LogP contribution in [0.25, 0.3) is 0 Å². The monoisotopic (exact) mass is 193 g/mol. The third-order valence-electron chi connectivity index (χ3n) is 1.31. The molecule has 1 rings (SSSR count). The van der Waals surface area contributed by atoms with Crippen molar-refractivity contribution in [3.63, 3.8) is 0 Å². The van der Waals surface area contributed by atoms with Gasteiger partial charge in [-0.1, -0.05) is 11.8 Å². The maximum absolute atomic E-state index is 11.0. The first kappa shape index (κ1) is 9.80. The van der Waals surface area contributed by atoms with E-state index >= 15 is 0 Å². The second kappa shape index (κ2) is 4.09. The van der Waals surface area contributed by atoms with Crippen LogP contribution in [-0.4, -0.2) is 21.0 Å². The SMILES string of the molecule is NC(=O)CC#Cc1c(O)nc[nH]c1=O. The van der Waals surface area contributed by atoms with E-state index in [-0.39, 0.29) is 12.0 Å². The van der Waals surface area contributed by atoms with Crippen LogP contribution in [0.15, 0.2) is 11.1 Å². The highest BCUT2D eigenvalue weighted by Crippen LogP contribution is 2.03. The number of nitrogens with one attached hydrogen (secondary N) is 1. The molecule has 0 radical (unpaired) electrons. The highest BCUT2D eigenvalue weighted by atomic mass is 16.3. The van der Waals surface area contributed by atoms with Crippen LogP contribution in [0, 0.1) is 11.8 Å². The second-order valence-electron chi connectivity index (χ2n) is 2.38. The molecule has 0 aromatic carbocycles. The number of primary amides is 1.